The average Bonchev–Trinajstić information content (AvgIpc) is 2.52. The van der Waals surface area contributed by atoms with Gasteiger partial charge in [0.1, 0.15) is 0 Å². The molecule has 0 aromatic heterocycles. The third-order valence-electron chi connectivity index (χ3n) is 5.71. The molecule has 3 N–H and O–H groups in total. The van der Waals surface area contributed by atoms with Crippen molar-refractivity contribution >= 4 is 11.6 Å². The molecule has 2 bridgehead atoms. The van der Waals surface area contributed by atoms with Gasteiger partial charge < -0.3 is 16.0 Å². The number of hydrogen-bond acceptors (Lipinski definition) is 3. The lowest BCUT2D eigenvalue weighted by Gasteiger charge is -2.43. The SMILES string of the molecule is CN(C)c1ccccc1CNC(=O)C1CC2CCCC(C1)C2N. The Morgan fingerprint density at radius 1 is 1.22 bits per heavy atom. The van der Waals surface area contributed by atoms with Crippen molar-refractivity contribution in [1.82, 2.24) is 5.32 Å². The highest BCUT2D eigenvalue weighted by Crippen LogP contribution is 2.41. The minimum absolute atomic E-state index is 0.150. The summed E-state index contributed by atoms with van der Waals surface area (Å²) in [6, 6.07) is 8.55. The maximum absolute atomic E-state index is 12.6. The topological polar surface area (TPSA) is 58.4 Å². The molecule has 126 valence electrons. The van der Waals surface area contributed by atoms with Gasteiger partial charge in [-0.1, -0.05) is 24.6 Å². The fourth-order valence-electron chi connectivity index (χ4n) is 4.43. The molecule has 2 atom stereocenters. The van der Waals surface area contributed by atoms with E-state index in [4.69, 9.17) is 5.73 Å². The van der Waals surface area contributed by atoms with E-state index in [1.807, 2.05) is 26.2 Å². The molecule has 2 unspecified atom stereocenters. The van der Waals surface area contributed by atoms with Crippen LogP contribution in [0.15, 0.2) is 24.3 Å². The van der Waals surface area contributed by atoms with E-state index in [1.54, 1.807) is 0 Å². The van der Waals surface area contributed by atoms with Crippen LogP contribution in [0.3, 0.4) is 0 Å². The molecule has 0 saturated heterocycles. The van der Waals surface area contributed by atoms with Gasteiger partial charge in [0.25, 0.3) is 0 Å². The van der Waals surface area contributed by atoms with Crippen molar-refractivity contribution < 1.29 is 4.79 Å². The zero-order valence-electron chi connectivity index (χ0n) is 14.3. The molecule has 2 saturated carbocycles. The van der Waals surface area contributed by atoms with E-state index in [0.29, 0.717) is 24.4 Å². The normalized spacial score (nSPS) is 29.9. The lowest BCUT2D eigenvalue weighted by molar-refractivity contribution is -0.128. The lowest BCUT2D eigenvalue weighted by Crippen LogP contribution is -2.49. The van der Waals surface area contributed by atoms with Gasteiger partial charge in [-0.25, -0.2) is 0 Å². The first-order valence-corrected chi connectivity index (χ1v) is 8.84. The van der Waals surface area contributed by atoms with Gasteiger partial charge in [-0.2, -0.15) is 0 Å². The molecular weight excluding hydrogens is 286 g/mol. The Labute approximate surface area is 139 Å². The van der Waals surface area contributed by atoms with Crippen molar-refractivity contribution in [2.45, 2.75) is 44.7 Å². The second-order valence-electron chi connectivity index (χ2n) is 7.44. The molecule has 1 amide bonds. The number of hydrogen-bond donors (Lipinski definition) is 2. The number of anilines is 1. The Bertz CT molecular complexity index is 543. The van der Waals surface area contributed by atoms with Gasteiger partial charge in [-0.05, 0) is 49.1 Å². The summed E-state index contributed by atoms with van der Waals surface area (Å²) in [5.74, 6) is 1.46. The molecule has 0 radical (unpaired) electrons. The number of nitrogens with one attached hydrogen (secondary N) is 1. The molecule has 3 rings (SSSR count). The second kappa shape index (κ2) is 6.91. The number of para-hydroxylation sites is 1. The Balaban J connectivity index is 1.60. The van der Waals surface area contributed by atoms with Crippen LogP contribution in [0.1, 0.15) is 37.7 Å². The van der Waals surface area contributed by atoms with Crippen molar-refractivity contribution in [3.05, 3.63) is 29.8 Å². The van der Waals surface area contributed by atoms with Gasteiger partial charge in [-0.15, -0.1) is 0 Å². The first-order valence-electron chi connectivity index (χ1n) is 8.84. The van der Waals surface area contributed by atoms with E-state index in [9.17, 15) is 4.79 Å². The number of fused-ring (bicyclic) bond motifs is 2. The molecule has 0 heterocycles. The predicted octanol–water partition coefficient (Wildman–Crippen LogP) is 2.52. The van der Waals surface area contributed by atoms with Gasteiger partial charge in [0.15, 0.2) is 0 Å². The Morgan fingerprint density at radius 3 is 2.52 bits per heavy atom. The van der Waals surface area contributed by atoms with Crippen LogP contribution in [-0.2, 0) is 11.3 Å². The smallest absolute Gasteiger partial charge is 0.223 e. The Morgan fingerprint density at radius 2 is 1.87 bits per heavy atom. The fraction of sp³-hybridized carbons (Fsp3) is 0.632. The number of carbonyl (C=O) groups excluding carboxylic acids is 1. The highest BCUT2D eigenvalue weighted by Gasteiger charge is 2.40. The van der Waals surface area contributed by atoms with Gasteiger partial charge in [0, 0.05) is 38.3 Å². The summed E-state index contributed by atoms with van der Waals surface area (Å²) in [7, 11) is 4.06. The fourth-order valence-corrected chi connectivity index (χ4v) is 4.43. The average molecular weight is 315 g/mol. The van der Waals surface area contributed by atoms with Crippen LogP contribution in [0.25, 0.3) is 0 Å². The lowest BCUT2D eigenvalue weighted by atomic mass is 9.65. The van der Waals surface area contributed by atoms with Gasteiger partial charge >= 0.3 is 0 Å². The van der Waals surface area contributed by atoms with Gasteiger partial charge in [0.2, 0.25) is 5.91 Å². The van der Waals surface area contributed by atoms with Crippen LogP contribution in [-0.4, -0.2) is 26.0 Å². The Hall–Kier alpha value is -1.55. The summed E-state index contributed by atoms with van der Waals surface area (Å²) in [5, 5.41) is 3.16. The van der Waals surface area contributed by atoms with Crippen LogP contribution in [0.2, 0.25) is 0 Å². The molecule has 23 heavy (non-hydrogen) atoms. The summed E-state index contributed by atoms with van der Waals surface area (Å²) >= 11 is 0. The molecule has 2 fully saturated rings. The Kier molecular flexibility index (Phi) is 4.90. The van der Waals surface area contributed by atoms with Crippen molar-refractivity contribution in [3.63, 3.8) is 0 Å². The number of amides is 1. The first kappa shape index (κ1) is 16.3. The van der Waals surface area contributed by atoms with Crippen LogP contribution in [0.4, 0.5) is 5.69 Å². The highest BCUT2D eigenvalue weighted by molar-refractivity contribution is 5.79. The summed E-state index contributed by atoms with van der Waals surface area (Å²) in [6.07, 6.45) is 5.63. The van der Waals surface area contributed by atoms with Crippen molar-refractivity contribution in [1.29, 1.82) is 0 Å². The van der Waals surface area contributed by atoms with Gasteiger partial charge in [0.05, 0.1) is 0 Å². The minimum Gasteiger partial charge on any atom is -0.377 e. The molecule has 2 aliphatic rings. The quantitative estimate of drug-likeness (QED) is 0.897. The summed E-state index contributed by atoms with van der Waals surface area (Å²) < 4.78 is 0. The van der Waals surface area contributed by atoms with E-state index in [-0.39, 0.29) is 11.8 Å². The number of nitrogens with two attached hydrogens (primary N) is 1. The zero-order valence-corrected chi connectivity index (χ0v) is 14.3. The summed E-state index contributed by atoms with van der Waals surface area (Å²) in [4.78, 5) is 14.7. The van der Waals surface area contributed by atoms with E-state index in [2.05, 4.69) is 22.3 Å². The standard InChI is InChI=1S/C19H29N3O/c1-22(2)17-9-4-3-6-15(17)12-21-19(23)16-10-13-7-5-8-14(11-16)18(13)20/h3-4,6,9,13-14,16,18H,5,7-8,10-12,20H2,1-2H3,(H,21,23). The third kappa shape index (κ3) is 3.52. The van der Waals surface area contributed by atoms with Crippen molar-refractivity contribution in [2.75, 3.05) is 19.0 Å². The van der Waals surface area contributed by atoms with Crippen LogP contribution < -0.4 is 16.0 Å². The molecule has 1 aromatic rings. The van der Waals surface area contributed by atoms with Crippen LogP contribution in [0.5, 0.6) is 0 Å². The third-order valence-corrected chi connectivity index (χ3v) is 5.71. The minimum atomic E-state index is 0.150. The summed E-state index contributed by atoms with van der Waals surface area (Å²) in [6.45, 7) is 0.602. The van der Waals surface area contributed by atoms with Crippen molar-refractivity contribution in [3.8, 4) is 0 Å². The zero-order chi connectivity index (χ0) is 16.4. The molecule has 0 spiro atoms. The number of benzene rings is 1. The number of nitrogens with zero attached hydrogens (tertiary/aromatic N) is 1. The maximum Gasteiger partial charge on any atom is 0.223 e. The maximum atomic E-state index is 12.6. The predicted molar refractivity (Wildman–Crippen MR) is 94.1 cm³/mol. The van der Waals surface area contributed by atoms with E-state index in [0.717, 1.165) is 18.5 Å². The molecule has 4 nitrogen and oxygen atoms in total. The number of rotatable bonds is 4. The molecule has 1 aromatic carbocycles. The largest absolute Gasteiger partial charge is 0.377 e. The van der Waals surface area contributed by atoms with Crippen LogP contribution in [0, 0.1) is 17.8 Å². The number of carbonyl (C=O) groups is 1. The molecule has 0 aliphatic heterocycles. The molecule has 4 heteroatoms. The summed E-state index contributed by atoms with van der Waals surface area (Å²) in [5.41, 5.74) is 8.66. The van der Waals surface area contributed by atoms with E-state index >= 15 is 0 Å². The monoisotopic (exact) mass is 315 g/mol. The van der Waals surface area contributed by atoms with Crippen molar-refractivity contribution in [2.24, 2.45) is 23.5 Å². The van der Waals surface area contributed by atoms with Crippen LogP contribution >= 0.6 is 0 Å². The van der Waals surface area contributed by atoms with E-state index < -0.39 is 0 Å². The molecule has 2 aliphatic carbocycles. The van der Waals surface area contributed by atoms with E-state index in [1.165, 1.54) is 24.8 Å². The van der Waals surface area contributed by atoms with Gasteiger partial charge in [-0.3, -0.25) is 4.79 Å². The second-order valence-corrected chi connectivity index (χ2v) is 7.44. The molecular formula is C19H29N3O. The first-order chi connectivity index (χ1) is 11.1. The highest BCUT2D eigenvalue weighted by atomic mass is 16.1.